The normalized spacial score (nSPS) is 15.5. The third kappa shape index (κ3) is 9.23. The first-order chi connectivity index (χ1) is 15.5. The van der Waals surface area contributed by atoms with Crippen molar-refractivity contribution in [1.82, 2.24) is 15.2 Å². The molecule has 3 N–H and O–H groups in total. The molecule has 0 spiro atoms. The Bertz CT molecular complexity index is 807. The maximum absolute atomic E-state index is 5.35. The summed E-state index contributed by atoms with van der Waals surface area (Å²) < 4.78 is 0. The highest BCUT2D eigenvalue weighted by Gasteiger charge is 2.28. The summed E-state index contributed by atoms with van der Waals surface area (Å²) in [5.74, 6) is 0. The van der Waals surface area contributed by atoms with Gasteiger partial charge >= 0.3 is 0 Å². The number of benzene rings is 1. The quantitative estimate of drug-likeness (QED) is 0.278. The summed E-state index contributed by atoms with van der Waals surface area (Å²) >= 11 is 0. The topological polar surface area (TPSA) is 56.9 Å². The summed E-state index contributed by atoms with van der Waals surface area (Å²) in [5.41, 5.74) is 9.66. The minimum atomic E-state index is 0.254. The van der Waals surface area contributed by atoms with Gasteiger partial charge in [-0.05, 0) is 30.9 Å². The molecule has 172 valence electrons. The molecule has 1 aliphatic rings. The van der Waals surface area contributed by atoms with E-state index < -0.39 is 0 Å². The second-order valence-corrected chi connectivity index (χ2v) is 7.39. The van der Waals surface area contributed by atoms with Gasteiger partial charge in [0.2, 0.25) is 0 Å². The van der Waals surface area contributed by atoms with Crippen LogP contribution in [0.15, 0.2) is 109 Å². The molecular formula is C27H39N5. The van der Waals surface area contributed by atoms with Gasteiger partial charge in [0.15, 0.2) is 0 Å². The van der Waals surface area contributed by atoms with E-state index in [4.69, 9.17) is 5.73 Å². The molecule has 1 atom stereocenters. The van der Waals surface area contributed by atoms with Gasteiger partial charge in [0.25, 0.3) is 0 Å². The zero-order valence-corrected chi connectivity index (χ0v) is 19.5. The van der Waals surface area contributed by atoms with Crippen LogP contribution in [0.3, 0.4) is 0 Å². The van der Waals surface area contributed by atoms with Crippen LogP contribution in [0.4, 0.5) is 0 Å². The lowest BCUT2D eigenvalue weighted by molar-refractivity contribution is 0.301. The minimum Gasteiger partial charge on any atom is -0.383 e. The third-order valence-electron chi connectivity index (χ3n) is 5.10. The number of allylic oxidation sites excluding steroid dienone is 3. The Morgan fingerprint density at radius 1 is 1.28 bits per heavy atom. The molecule has 0 amide bonds. The van der Waals surface area contributed by atoms with Crippen LogP contribution in [0.25, 0.3) is 0 Å². The largest absolute Gasteiger partial charge is 0.383 e. The molecule has 0 aliphatic carbocycles. The van der Waals surface area contributed by atoms with Gasteiger partial charge in [0, 0.05) is 43.9 Å². The highest BCUT2D eigenvalue weighted by Crippen LogP contribution is 2.25. The Morgan fingerprint density at radius 3 is 2.53 bits per heavy atom. The zero-order valence-electron chi connectivity index (χ0n) is 19.5. The average Bonchev–Trinajstić information content (AvgIpc) is 3.32. The SMILES string of the molecule is C=C/C=C(\C=C)CNC(=C)C1CCCN1C(=C)CN(/C=C\C)N=C.NCc1ccccc1. The molecule has 1 aliphatic heterocycles. The fourth-order valence-electron chi connectivity index (χ4n) is 3.41. The molecule has 1 fully saturated rings. The standard InChI is InChI=1S/C20H30N4.C7H9N/c1-7-11-19(9-3)15-22-18(5)20-12-10-14-24(20)17(4)16-23(21-6)13-8-2;8-6-7-4-2-1-3-5-7/h7-9,11,13,20,22H,1,3-6,10,12,14-16H2,2H3;1-5H,6,8H2/b13-8-,19-11+;. The maximum atomic E-state index is 5.35. The van der Waals surface area contributed by atoms with E-state index >= 15 is 0 Å². The van der Waals surface area contributed by atoms with Gasteiger partial charge in [-0.25, -0.2) is 0 Å². The molecule has 1 saturated heterocycles. The summed E-state index contributed by atoms with van der Waals surface area (Å²) in [5, 5.41) is 9.19. The molecular weight excluding hydrogens is 394 g/mol. The van der Waals surface area contributed by atoms with Crippen molar-refractivity contribution in [2.24, 2.45) is 10.8 Å². The second kappa shape index (κ2) is 15.5. The van der Waals surface area contributed by atoms with E-state index in [-0.39, 0.29) is 6.04 Å². The summed E-state index contributed by atoms with van der Waals surface area (Å²) in [4.78, 5) is 2.31. The van der Waals surface area contributed by atoms with E-state index in [1.54, 1.807) is 11.1 Å². The molecule has 0 aromatic heterocycles. The maximum Gasteiger partial charge on any atom is 0.0801 e. The number of nitrogens with zero attached hydrogens (tertiary/aromatic N) is 3. The van der Waals surface area contributed by atoms with E-state index in [0.29, 0.717) is 19.6 Å². The van der Waals surface area contributed by atoms with Crippen molar-refractivity contribution in [1.29, 1.82) is 0 Å². The number of hydrazone groups is 1. The van der Waals surface area contributed by atoms with E-state index in [0.717, 1.165) is 36.4 Å². The smallest absolute Gasteiger partial charge is 0.0801 e. The van der Waals surface area contributed by atoms with E-state index in [1.807, 2.05) is 61.7 Å². The van der Waals surface area contributed by atoms with Crippen LogP contribution in [0.2, 0.25) is 0 Å². The molecule has 5 heteroatoms. The van der Waals surface area contributed by atoms with Crippen molar-refractivity contribution in [3.05, 3.63) is 110 Å². The first-order valence-electron chi connectivity index (χ1n) is 10.9. The molecule has 32 heavy (non-hydrogen) atoms. The number of nitrogens with one attached hydrogen (secondary N) is 1. The van der Waals surface area contributed by atoms with Gasteiger partial charge in [-0.3, -0.25) is 5.01 Å². The summed E-state index contributed by atoms with van der Waals surface area (Å²) in [6.45, 7) is 24.5. The Morgan fingerprint density at radius 2 is 2.00 bits per heavy atom. The first-order valence-corrected chi connectivity index (χ1v) is 10.9. The second-order valence-electron chi connectivity index (χ2n) is 7.39. The lowest BCUT2D eigenvalue weighted by Crippen LogP contribution is -2.37. The predicted octanol–water partition coefficient (Wildman–Crippen LogP) is 4.96. The Hall–Kier alpha value is -3.31. The van der Waals surface area contributed by atoms with Crippen LogP contribution in [0.1, 0.15) is 25.3 Å². The highest BCUT2D eigenvalue weighted by atomic mass is 15.4. The molecule has 0 radical (unpaired) electrons. The molecule has 5 nitrogen and oxygen atoms in total. The Balaban J connectivity index is 0.000000533. The molecule has 1 unspecified atom stereocenters. The van der Waals surface area contributed by atoms with Gasteiger partial charge in [0.05, 0.1) is 12.6 Å². The predicted molar refractivity (Wildman–Crippen MR) is 140 cm³/mol. The molecule has 1 aromatic rings. The van der Waals surface area contributed by atoms with Crippen LogP contribution in [0.5, 0.6) is 0 Å². The van der Waals surface area contributed by atoms with Crippen molar-refractivity contribution in [2.45, 2.75) is 32.4 Å². The van der Waals surface area contributed by atoms with Gasteiger partial charge in [0.1, 0.15) is 0 Å². The monoisotopic (exact) mass is 433 g/mol. The molecule has 2 rings (SSSR count). The Labute approximate surface area is 194 Å². The van der Waals surface area contributed by atoms with Gasteiger partial charge in [-0.2, -0.15) is 5.10 Å². The van der Waals surface area contributed by atoms with Gasteiger partial charge in [-0.15, -0.1) is 0 Å². The fraction of sp³-hybridized carbons (Fsp3) is 0.296. The number of likely N-dealkylation sites (tertiary alicyclic amines) is 1. The minimum absolute atomic E-state index is 0.254. The third-order valence-corrected chi connectivity index (χ3v) is 5.10. The number of rotatable bonds is 12. The lowest BCUT2D eigenvalue weighted by Gasteiger charge is -2.32. The molecule has 0 saturated carbocycles. The summed E-state index contributed by atoms with van der Waals surface area (Å²) in [6.07, 6.45) is 11.6. The van der Waals surface area contributed by atoms with Crippen molar-refractivity contribution in [3.63, 3.8) is 0 Å². The molecule has 1 aromatic carbocycles. The fourth-order valence-corrected chi connectivity index (χ4v) is 3.41. The first kappa shape index (κ1) is 26.7. The van der Waals surface area contributed by atoms with Crippen molar-refractivity contribution >= 4 is 6.72 Å². The number of hydrogen-bond donors (Lipinski definition) is 2. The van der Waals surface area contributed by atoms with Crippen LogP contribution in [0, 0.1) is 0 Å². The van der Waals surface area contributed by atoms with Crippen molar-refractivity contribution in [2.75, 3.05) is 19.6 Å². The van der Waals surface area contributed by atoms with E-state index in [9.17, 15) is 0 Å². The molecule has 1 heterocycles. The zero-order chi connectivity index (χ0) is 23.8. The van der Waals surface area contributed by atoms with Gasteiger partial charge < -0.3 is 16.0 Å². The van der Waals surface area contributed by atoms with E-state index in [1.165, 1.54) is 5.56 Å². The van der Waals surface area contributed by atoms with Crippen LogP contribution < -0.4 is 11.1 Å². The summed E-state index contributed by atoms with van der Waals surface area (Å²) in [6, 6.07) is 10.2. The molecule has 0 bridgehead atoms. The average molecular weight is 434 g/mol. The number of nitrogens with two attached hydrogens (primary N) is 1. The highest BCUT2D eigenvalue weighted by molar-refractivity contribution is 5.25. The van der Waals surface area contributed by atoms with Crippen LogP contribution >= 0.6 is 0 Å². The van der Waals surface area contributed by atoms with Crippen LogP contribution in [-0.2, 0) is 6.54 Å². The lowest BCUT2D eigenvalue weighted by atomic mass is 10.1. The van der Waals surface area contributed by atoms with Crippen LogP contribution in [-0.4, -0.2) is 42.3 Å². The summed E-state index contributed by atoms with van der Waals surface area (Å²) in [7, 11) is 0. The number of hydrogen-bond acceptors (Lipinski definition) is 5. The van der Waals surface area contributed by atoms with Gasteiger partial charge in [-0.1, -0.05) is 81.0 Å². The van der Waals surface area contributed by atoms with E-state index in [2.05, 4.69) is 48.4 Å². The van der Waals surface area contributed by atoms with Crippen molar-refractivity contribution < 1.29 is 0 Å². The Kier molecular flexibility index (Phi) is 12.9. The van der Waals surface area contributed by atoms with Crippen molar-refractivity contribution in [3.8, 4) is 0 Å².